The maximum absolute atomic E-state index is 13.4. The standard InChI is InChI=1S/C24H28FNO6/c1-13-11-18(25)7-8-19(13)15(3)16(4)31-24(29)14(2)12-20(28)22-23(32-17(5)27)21(30-6)9-10-26-22/h7-11,14-16H,12H2,1-6H3/t14-,15-,16-/m1/s1. The average molecular weight is 445 g/mol. The normalized spacial score (nSPS) is 13.6. The Morgan fingerprint density at radius 1 is 1.12 bits per heavy atom. The molecule has 2 rings (SSSR count). The topological polar surface area (TPSA) is 91.8 Å². The van der Waals surface area contributed by atoms with Crippen LogP contribution in [-0.4, -0.2) is 35.9 Å². The molecular weight excluding hydrogens is 417 g/mol. The predicted molar refractivity (Wildman–Crippen MR) is 115 cm³/mol. The number of esters is 2. The zero-order valence-corrected chi connectivity index (χ0v) is 19.1. The molecule has 2 aromatic rings. The molecule has 0 unspecified atom stereocenters. The van der Waals surface area contributed by atoms with Crippen LogP contribution in [0, 0.1) is 18.7 Å². The lowest BCUT2D eigenvalue weighted by Gasteiger charge is -2.24. The molecule has 1 aromatic heterocycles. The van der Waals surface area contributed by atoms with E-state index in [0.29, 0.717) is 0 Å². The lowest BCUT2D eigenvalue weighted by molar-refractivity contribution is -0.153. The Balaban J connectivity index is 2.09. The Morgan fingerprint density at radius 3 is 2.41 bits per heavy atom. The molecule has 172 valence electrons. The van der Waals surface area contributed by atoms with Gasteiger partial charge in [-0.2, -0.15) is 0 Å². The van der Waals surface area contributed by atoms with Crippen LogP contribution in [0.25, 0.3) is 0 Å². The van der Waals surface area contributed by atoms with Gasteiger partial charge in [0.05, 0.1) is 13.0 Å². The SMILES string of the molecule is COc1ccnc(C(=O)C[C@@H](C)C(=O)O[C@H](C)[C@@H](C)c2ccc(F)cc2C)c1OC(C)=O. The van der Waals surface area contributed by atoms with Crippen molar-refractivity contribution in [1.29, 1.82) is 0 Å². The second-order valence-corrected chi connectivity index (χ2v) is 7.74. The predicted octanol–water partition coefficient (Wildman–Crippen LogP) is 4.41. The lowest BCUT2D eigenvalue weighted by atomic mass is 9.92. The number of pyridine rings is 1. The molecule has 0 saturated heterocycles. The Bertz CT molecular complexity index is 1010. The Morgan fingerprint density at radius 2 is 1.81 bits per heavy atom. The second kappa shape index (κ2) is 10.8. The van der Waals surface area contributed by atoms with Crippen LogP contribution in [-0.2, 0) is 14.3 Å². The number of aromatic nitrogens is 1. The van der Waals surface area contributed by atoms with Crippen molar-refractivity contribution in [2.45, 2.75) is 53.1 Å². The van der Waals surface area contributed by atoms with E-state index in [2.05, 4.69) is 4.98 Å². The second-order valence-electron chi connectivity index (χ2n) is 7.74. The number of ether oxygens (including phenoxy) is 3. The summed E-state index contributed by atoms with van der Waals surface area (Å²) in [6.07, 6.45) is 0.677. The fraction of sp³-hybridized carbons (Fsp3) is 0.417. The molecular formula is C24H28FNO6. The zero-order valence-electron chi connectivity index (χ0n) is 19.1. The zero-order chi connectivity index (χ0) is 24.0. The molecule has 0 saturated carbocycles. The molecule has 0 radical (unpaired) electrons. The number of ketones is 1. The molecule has 1 heterocycles. The van der Waals surface area contributed by atoms with Gasteiger partial charge in [0.1, 0.15) is 11.9 Å². The Hall–Kier alpha value is -3.29. The number of rotatable bonds is 9. The quantitative estimate of drug-likeness (QED) is 0.417. The number of hydrogen-bond donors (Lipinski definition) is 0. The van der Waals surface area contributed by atoms with Crippen LogP contribution in [0.5, 0.6) is 11.5 Å². The monoisotopic (exact) mass is 445 g/mol. The number of benzene rings is 1. The summed E-state index contributed by atoms with van der Waals surface area (Å²) in [6, 6.07) is 5.95. The van der Waals surface area contributed by atoms with Crippen LogP contribution in [0.1, 0.15) is 61.6 Å². The summed E-state index contributed by atoms with van der Waals surface area (Å²) < 4.78 is 29.2. The van der Waals surface area contributed by atoms with Gasteiger partial charge in [-0.05, 0) is 37.1 Å². The van der Waals surface area contributed by atoms with Gasteiger partial charge in [0.2, 0.25) is 5.75 Å². The van der Waals surface area contributed by atoms with Crippen LogP contribution in [0.15, 0.2) is 30.5 Å². The number of aryl methyl sites for hydroxylation is 1. The molecule has 0 fully saturated rings. The first kappa shape index (κ1) is 25.0. The minimum absolute atomic E-state index is 0.0816. The number of methoxy groups -OCH3 is 1. The highest BCUT2D eigenvalue weighted by atomic mass is 19.1. The third kappa shape index (κ3) is 6.12. The summed E-state index contributed by atoms with van der Waals surface area (Å²) in [7, 11) is 1.38. The van der Waals surface area contributed by atoms with Crippen molar-refractivity contribution >= 4 is 17.7 Å². The summed E-state index contributed by atoms with van der Waals surface area (Å²) in [5, 5.41) is 0. The number of carbonyl (C=O) groups excluding carboxylic acids is 3. The van der Waals surface area contributed by atoms with Crippen molar-refractivity contribution in [3.63, 3.8) is 0 Å². The van der Waals surface area contributed by atoms with Crippen molar-refractivity contribution in [3.05, 3.63) is 53.1 Å². The minimum atomic E-state index is -0.760. The molecule has 0 N–H and O–H groups in total. The van der Waals surface area contributed by atoms with Gasteiger partial charge in [-0.25, -0.2) is 9.37 Å². The summed E-state index contributed by atoms with van der Waals surface area (Å²) in [5.41, 5.74) is 1.55. The summed E-state index contributed by atoms with van der Waals surface area (Å²) >= 11 is 0. The van der Waals surface area contributed by atoms with E-state index in [4.69, 9.17) is 14.2 Å². The van der Waals surface area contributed by atoms with Crippen molar-refractivity contribution < 1.29 is 33.0 Å². The Kier molecular flexibility index (Phi) is 8.46. The van der Waals surface area contributed by atoms with E-state index in [1.54, 1.807) is 26.8 Å². The van der Waals surface area contributed by atoms with Crippen LogP contribution in [0.4, 0.5) is 4.39 Å². The van der Waals surface area contributed by atoms with E-state index in [9.17, 15) is 18.8 Å². The van der Waals surface area contributed by atoms with E-state index in [0.717, 1.165) is 11.1 Å². The minimum Gasteiger partial charge on any atom is -0.493 e. The molecule has 0 spiro atoms. The van der Waals surface area contributed by atoms with Gasteiger partial charge < -0.3 is 14.2 Å². The molecule has 0 aliphatic heterocycles. The van der Waals surface area contributed by atoms with Crippen molar-refractivity contribution in [2.75, 3.05) is 7.11 Å². The first-order valence-electron chi connectivity index (χ1n) is 10.3. The maximum Gasteiger partial charge on any atom is 0.309 e. The molecule has 3 atom stereocenters. The highest BCUT2D eigenvalue weighted by molar-refractivity contribution is 5.99. The summed E-state index contributed by atoms with van der Waals surface area (Å²) in [6.45, 7) is 8.22. The fourth-order valence-corrected chi connectivity index (χ4v) is 3.29. The van der Waals surface area contributed by atoms with Crippen molar-refractivity contribution in [2.24, 2.45) is 5.92 Å². The molecule has 32 heavy (non-hydrogen) atoms. The molecule has 0 bridgehead atoms. The van der Waals surface area contributed by atoms with Crippen LogP contribution >= 0.6 is 0 Å². The number of nitrogens with zero attached hydrogens (tertiary/aromatic N) is 1. The number of Topliss-reactive ketones (excluding diaryl/α,β-unsaturated/α-hetero) is 1. The molecule has 0 aliphatic rings. The maximum atomic E-state index is 13.4. The number of carbonyl (C=O) groups is 3. The van der Waals surface area contributed by atoms with E-state index >= 15 is 0 Å². The van der Waals surface area contributed by atoms with Crippen LogP contribution < -0.4 is 9.47 Å². The largest absolute Gasteiger partial charge is 0.493 e. The third-order valence-electron chi connectivity index (χ3n) is 5.22. The fourth-order valence-electron chi connectivity index (χ4n) is 3.29. The summed E-state index contributed by atoms with van der Waals surface area (Å²) in [5.74, 6) is -2.81. The molecule has 0 amide bonds. The van der Waals surface area contributed by atoms with Crippen molar-refractivity contribution in [3.8, 4) is 11.5 Å². The van der Waals surface area contributed by atoms with E-state index in [1.165, 1.54) is 38.4 Å². The smallest absolute Gasteiger partial charge is 0.309 e. The van der Waals surface area contributed by atoms with Crippen LogP contribution in [0.2, 0.25) is 0 Å². The number of hydrogen-bond acceptors (Lipinski definition) is 7. The lowest BCUT2D eigenvalue weighted by Crippen LogP contribution is -2.26. The van der Waals surface area contributed by atoms with Gasteiger partial charge in [-0.1, -0.05) is 19.9 Å². The number of halogens is 1. The summed E-state index contributed by atoms with van der Waals surface area (Å²) in [4.78, 5) is 40.8. The highest BCUT2D eigenvalue weighted by Crippen LogP contribution is 2.31. The van der Waals surface area contributed by atoms with Gasteiger partial charge in [0.15, 0.2) is 17.2 Å². The van der Waals surface area contributed by atoms with Gasteiger partial charge in [0.25, 0.3) is 0 Å². The van der Waals surface area contributed by atoms with Crippen LogP contribution in [0.3, 0.4) is 0 Å². The molecule has 7 nitrogen and oxygen atoms in total. The van der Waals surface area contributed by atoms with Gasteiger partial charge >= 0.3 is 11.9 Å². The van der Waals surface area contributed by atoms with Crippen molar-refractivity contribution in [1.82, 2.24) is 4.98 Å². The highest BCUT2D eigenvalue weighted by Gasteiger charge is 2.27. The average Bonchev–Trinajstić information content (AvgIpc) is 2.72. The molecule has 8 heteroatoms. The van der Waals surface area contributed by atoms with E-state index in [1.807, 2.05) is 6.92 Å². The first-order chi connectivity index (χ1) is 15.0. The van der Waals surface area contributed by atoms with E-state index < -0.39 is 29.7 Å². The molecule has 0 aliphatic carbocycles. The van der Waals surface area contributed by atoms with Gasteiger partial charge in [0, 0.05) is 31.5 Å². The van der Waals surface area contributed by atoms with Gasteiger partial charge in [-0.15, -0.1) is 0 Å². The molecule has 1 aromatic carbocycles. The first-order valence-corrected chi connectivity index (χ1v) is 10.3. The Labute approximate surface area is 186 Å². The third-order valence-corrected chi connectivity index (χ3v) is 5.22. The van der Waals surface area contributed by atoms with Gasteiger partial charge in [-0.3, -0.25) is 14.4 Å². The van der Waals surface area contributed by atoms with E-state index in [-0.39, 0.29) is 35.3 Å².